The molecule has 4 nitrogen and oxygen atoms in total. The Morgan fingerprint density at radius 2 is 1.81 bits per heavy atom. The first-order valence-corrected chi connectivity index (χ1v) is 9.66. The van der Waals surface area contributed by atoms with Crippen LogP contribution in [0, 0.1) is 0 Å². The molecule has 0 fully saturated rings. The molecule has 26 heavy (non-hydrogen) atoms. The van der Waals surface area contributed by atoms with Crippen LogP contribution in [-0.4, -0.2) is 17.0 Å². The summed E-state index contributed by atoms with van der Waals surface area (Å²) in [5.41, 5.74) is 3.01. The van der Waals surface area contributed by atoms with Crippen LogP contribution in [0.2, 0.25) is 0 Å². The van der Waals surface area contributed by atoms with E-state index >= 15 is 0 Å². The summed E-state index contributed by atoms with van der Waals surface area (Å²) < 4.78 is 0.962. The molecule has 0 unspecified atom stereocenters. The van der Waals surface area contributed by atoms with Crippen molar-refractivity contribution in [3.8, 4) is 11.1 Å². The molecule has 1 atom stereocenters. The normalized spacial score (nSPS) is 16.0. The van der Waals surface area contributed by atoms with Gasteiger partial charge in [-0.25, -0.2) is 4.79 Å². The zero-order valence-corrected chi connectivity index (χ0v) is 15.9. The quantitative estimate of drug-likeness (QED) is 0.591. The fraction of sp³-hybridized carbons (Fsp3) is 0.100. The van der Waals surface area contributed by atoms with Crippen molar-refractivity contribution in [2.75, 3.05) is 5.32 Å². The topological polar surface area (TPSA) is 66.4 Å². The molecule has 1 amide bonds. The number of anilines is 1. The number of aromatic carboxylic acids is 1. The number of carboxylic acid groups (broad SMARTS) is 1. The first-order chi connectivity index (χ1) is 12.5. The summed E-state index contributed by atoms with van der Waals surface area (Å²) in [7, 11) is 0. The predicted molar refractivity (Wildman–Crippen MR) is 106 cm³/mol. The SMILES string of the molecule is O=C1C[C@H](c2ccc(Br)cc2)c2sc(C(=O)O)c(-c3ccccc3)c2N1. The van der Waals surface area contributed by atoms with E-state index in [1.807, 2.05) is 54.6 Å². The molecule has 6 heteroatoms. The second-order valence-electron chi connectivity index (χ2n) is 6.07. The standard InChI is InChI=1S/C20H14BrNO3S/c21-13-8-6-11(7-9-13)14-10-15(23)22-17-16(12-4-2-1-3-5-12)19(20(24)25)26-18(14)17/h1-9,14H,10H2,(H,22,23)(H,24,25)/t14-/m1/s1. The molecule has 2 N–H and O–H groups in total. The Morgan fingerprint density at radius 3 is 2.46 bits per heavy atom. The van der Waals surface area contributed by atoms with E-state index in [1.54, 1.807) is 0 Å². The van der Waals surface area contributed by atoms with E-state index in [-0.39, 0.29) is 16.7 Å². The Balaban J connectivity index is 1.93. The zero-order valence-electron chi connectivity index (χ0n) is 13.5. The first kappa shape index (κ1) is 17.0. The van der Waals surface area contributed by atoms with Crippen molar-refractivity contribution in [2.45, 2.75) is 12.3 Å². The highest BCUT2D eigenvalue weighted by molar-refractivity contribution is 9.10. The number of fused-ring (bicyclic) bond motifs is 1. The molecule has 0 radical (unpaired) electrons. The van der Waals surface area contributed by atoms with Crippen molar-refractivity contribution in [3.63, 3.8) is 0 Å². The zero-order chi connectivity index (χ0) is 18.3. The van der Waals surface area contributed by atoms with Crippen LogP contribution in [0.3, 0.4) is 0 Å². The summed E-state index contributed by atoms with van der Waals surface area (Å²) in [4.78, 5) is 25.4. The van der Waals surface area contributed by atoms with E-state index in [1.165, 1.54) is 11.3 Å². The van der Waals surface area contributed by atoms with Gasteiger partial charge in [0.15, 0.2) is 0 Å². The highest BCUT2D eigenvalue weighted by Crippen LogP contribution is 2.49. The Morgan fingerprint density at radius 1 is 1.12 bits per heavy atom. The summed E-state index contributed by atoms with van der Waals surface area (Å²) in [6.07, 6.45) is 0.308. The van der Waals surface area contributed by atoms with Gasteiger partial charge >= 0.3 is 5.97 Å². The number of halogens is 1. The Kier molecular flexibility index (Phi) is 4.38. The molecule has 1 aliphatic heterocycles. The maximum Gasteiger partial charge on any atom is 0.346 e. The number of thiophene rings is 1. The number of benzene rings is 2. The van der Waals surface area contributed by atoms with Crippen molar-refractivity contribution in [1.82, 2.24) is 0 Å². The van der Waals surface area contributed by atoms with Crippen LogP contribution in [0.4, 0.5) is 5.69 Å². The third-order valence-electron chi connectivity index (χ3n) is 4.43. The van der Waals surface area contributed by atoms with Crippen molar-refractivity contribution >= 4 is 44.8 Å². The van der Waals surface area contributed by atoms with Crippen LogP contribution in [0.1, 0.15) is 32.5 Å². The monoisotopic (exact) mass is 427 g/mol. The van der Waals surface area contributed by atoms with Gasteiger partial charge in [0, 0.05) is 27.3 Å². The van der Waals surface area contributed by atoms with Gasteiger partial charge in [-0.3, -0.25) is 4.79 Å². The van der Waals surface area contributed by atoms with Crippen LogP contribution in [-0.2, 0) is 4.79 Å². The van der Waals surface area contributed by atoms with E-state index in [4.69, 9.17) is 0 Å². The van der Waals surface area contributed by atoms with Gasteiger partial charge in [0.05, 0.1) is 5.69 Å². The van der Waals surface area contributed by atoms with E-state index in [2.05, 4.69) is 21.2 Å². The second-order valence-corrected chi connectivity index (χ2v) is 8.04. The number of amides is 1. The largest absolute Gasteiger partial charge is 0.477 e. The smallest absolute Gasteiger partial charge is 0.346 e. The van der Waals surface area contributed by atoms with Crippen molar-refractivity contribution in [3.05, 3.63) is 74.4 Å². The molecule has 0 aliphatic carbocycles. The van der Waals surface area contributed by atoms with Crippen molar-refractivity contribution in [1.29, 1.82) is 0 Å². The third kappa shape index (κ3) is 2.95. The van der Waals surface area contributed by atoms with Crippen LogP contribution < -0.4 is 5.32 Å². The first-order valence-electron chi connectivity index (χ1n) is 8.05. The average molecular weight is 428 g/mol. The van der Waals surface area contributed by atoms with Gasteiger partial charge in [0.25, 0.3) is 0 Å². The lowest BCUT2D eigenvalue weighted by Gasteiger charge is -2.24. The lowest BCUT2D eigenvalue weighted by atomic mass is 9.89. The van der Waals surface area contributed by atoms with Gasteiger partial charge in [-0.15, -0.1) is 11.3 Å². The van der Waals surface area contributed by atoms with E-state index in [0.29, 0.717) is 17.7 Å². The second kappa shape index (κ2) is 6.70. The molecule has 1 aliphatic rings. The van der Waals surface area contributed by atoms with Crippen LogP contribution in [0.25, 0.3) is 11.1 Å². The summed E-state index contributed by atoms with van der Waals surface area (Å²) in [6.45, 7) is 0. The number of carbonyl (C=O) groups is 2. The van der Waals surface area contributed by atoms with Crippen LogP contribution >= 0.6 is 27.3 Å². The number of carboxylic acids is 1. The van der Waals surface area contributed by atoms with Gasteiger partial charge in [-0.2, -0.15) is 0 Å². The van der Waals surface area contributed by atoms with Crippen LogP contribution in [0.5, 0.6) is 0 Å². The maximum atomic E-state index is 12.4. The minimum absolute atomic E-state index is 0.0997. The molecule has 0 saturated carbocycles. The summed E-state index contributed by atoms with van der Waals surface area (Å²) in [5.74, 6) is -1.23. The van der Waals surface area contributed by atoms with Crippen molar-refractivity contribution < 1.29 is 14.7 Å². The van der Waals surface area contributed by atoms with E-state index in [0.717, 1.165) is 20.5 Å². The fourth-order valence-electron chi connectivity index (χ4n) is 3.28. The molecular formula is C20H14BrNO3S. The highest BCUT2D eigenvalue weighted by atomic mass is 79.9. The summed E-state index contributed by atoms with van der Waals surface area (Å²) >= 11 is 4.67. The van der Waals surface area contributed by atoms with Crippen molar-refractivity contribution in [2.24, 2.45) is 0 Å². The van der Waals surface area contributed by atoms with Crippen LogP contribution in [0.15, 0.2) is 59.1 Å². The third-order valence-corrected chi connectivity index (χ3v) is 6.26. The summed E-state index contributed by atoms with van der Waals surface area (Å²) in [5, 5.41) is 12.6. The molecule has 0 bridgehead atoms. The van der Waals surface area contributed by atoms with Gasteiger partial charge in [0.2, 0.25) is 5.91 Å². The maximum absolute atomic E-state index is 12.4. The van der Waals surface area contributed by atoms with Gasteiger partial charge in [-0.1, -0.05) is 58.4 Å². The minimum Gasteiger partial charge on any atom is -0.477 e. The van der Waals surface area contributed by atoms with Gasteiger partial charge in [-0.05, 0) is 23.3 Å². The molecule has 4 rings (SSSR count). The van der Waals surface area contributed by atoms with Gasteiger partial charge in [0.1, 0.15) is 4.88 Å². The molecule has 0 saturated heterocycles. The van der Waals surface area contributed by atoms with E-state index in [9.17, 15) is 14.7 Å². The molecule has 130 valence electrons. The Labute approximate surface area is 162 Å². The number of hydrogen-bond donors (Lipinski definition) is 2. The fourth-order valence-corrected chi connectivity index (χ4v) is 4.79. The molecular weight excluding hydrogens is 414 g/mol. The lowest BCUT2D eigenvalue weighted by molar-refractivity contribution is -0.116. The van der Waals surface area contributed by atoms with Gasteiger partial charge < -0.3 is 10.4 Å². The lowest BCUT2D eigenvalue weighted by Crippen LogP contribution is -2.22. The Hall–Kier alpha value is -2.44. The van der Waals surface area contributed by atoms with E-state index < -0.39 is 5.97 Å². The molecule has 2 heterocycles. The molecule has 3 aromatic rings. The average Bonchev–Trinajstić information content (AvgIpc) is 3.02. The molecule has 0 spiro atoms. The summed E-state index contributed by atoms with van der Waals surface area (Å²) in [6, 6.07) is 17.2. The number of rotatable bonds is 3. The number of carbonyl (C=O) groups excluding carboxylic acids is 1. The minimum atomic E-state index is -0.980. The highest BCUT2D eigenvalue weighted by Gasteiger charge is 2.34. The number of nitrogens with one attached hydrogen (secondary N) is 1. The Bertz CT molecular complexity index is 996. The number of hydrogen-bond acceptors (Lipinski definition) is 3. The molecule has 2 aromatic carbocycles. The predicted octanol–water partition coefficient (Wildman–Crippen LogP) is 5.35. The molecule has 1 aromatic heterocycles.